The smallest absolute Gasteiger partial charge is 0.0997 e. The summed E-state index contributed by atoms with van der Waals surface area (Å²) >= 11 is 0. The van der Waals surface area contributed by atoms with E-state index in [9.17, 15) is 0 Å². The molecule has 2 rings (SSSR count). The monoisotopic (exact) mass is 174 g/mol. The molecule has 1 aromatic heterocycles. The molecule has 3 N–H and O–H groups in total. The van der Waals surface area contributed by atoms with Gasteiger partial charge >= 0.3 is 0 Å². The molecule has 0 saturated carbocycles. The number of hydrogen-bond donors (Lipinski definition) is 1. The third-order valence-corrected chi connectivity index (χ3v) is 1.99. The van der Waals surface area contributed by atoms with Gasteiger partial charge in [-0.05, 0) is 18.2 Å². The van der Waals surface area contributed by atoms with E-state index < -0.39 is 0 Å². The lowest BCUT2D eigenvalue weighted by Gasteiger charge is -2.00. The predicted octanol–water partition coefficient (Wildman–Crippen LogP) is 0.614. The molecule has 13 heavy (non-hydrogen) atoms. The molecular formula is C10H12N3+. The van der Waals surface area contributed by atoms with E-state index in [1.807, 2.05) is 29.1 Å². The average molecular weight is 174 g/mol. The van der Waals surface area contributed by atoms with Gasteiger partial charge in [0, 0.05) is 18.0 Å². The van der Waals surface area contributed by atoms with Crippen molar-refractivity contribution in [2.45, 2.75) is 6.54 Å². The van der Waals surface area contributed by atoms with E-state index in [2.05, 4.69) is 23.0 Å². The van der Waals surface area contributed by atoms with Crippen LogP contribution in [0.25, 0.3) is 5.69 Å². The first-order valence-electron chi connectivity index (χ1n) is 4.28. The first-order chi connectivity index (χ1) is 6.40. The fraction of sp³-hybridized carbons (Fsp3) is 0.100. The highest BCUT2D eigenvalue weighted by Gasteiger charge is 1.95. The van der Waals surface area contributed by atoms with E-state index in [1.165, 1.54) is 5.56 Å². The van der Waals surface area contributed by atoms with Crippen LogP contribution in [-0.4, -0.2) is 9.78 Å². The van der Waals surface area contributed by atoms with Gasteiger partial charge in [-0.15, -0.1) is 0 Å². The Kier molecular flexibility index (Phi) is 2.10. The van der Waals surface area contributed by atoms with E-state index in [0.717, 1.165) is 12.2 Å². The first-order valence-corrected chi connectivity index (χ1v) is 4.28. The van der Waals surface area contributed by atoms with Crippen molar-refractivity contribution in [1.29, 1.82) is 0 Å². The lowest BCUT2D eigenvalue weighted by atomic mass is 10.2. The third kappa shape index (κ3) is 1.60. The van der Waals surface area contributed by atoms with Crippen molar-refractivity contribution in [1.82, 2.24) is 9.78 Å². The van der Waals surface area contributed by atoms with Crippen LogP contribution in [0.3, 0.4) is 0 Å². The zero-order valence-electron chi connectivity index (χ0n) is 7.35. The second-order valence-corrected chi connectivity index (χ2v) is 2.87. The molecule has 0 aliphatic heterocycles. The summed E-state index contributed by atoms with van der Waals surface area (Å²) < 4.78 is 1.84. The Morgan fingerprint density at radius 2 is 2.00 bits per heavy atom. The molecule has 0 unspecified atom stereocenters. The maximum Gasteiger partial charge on any atom is 0.0997 e. The molecule has 0 atom stereocenters. The number of aromatic nitrogens is 2. The van der Waals surface area contributed by atoms with Gasteiger partial charge in [0.05, 0.1) is 12.2 Å². The summed E-state index contributed by atoms with van der Waals surface area (Å²) in [5.41, 5.74) is 6.16. The minimum absolute atomic E-state index is 0.833. The normalized spacial score (nSPS) is 10.2. The summed E-state index contributed by atoms with van der Waals surface area (Å²) in [5, 5.41) is 4.14. The average Bonchev–Trinajstić information content (AvgIpc) is 2.71. The molecular weight excluding hydrogens is 162 g/mol. The predicted molar refractivity (Wildman–Crippen MR) is 50.2 cm³/mol. The van der Waals surface area contributed by atoms with E-state index in [-0.39, 0.29) is 0 Å². The van der Waals surface area contributed by atoms with E-state index in [4.69, 9.17) is 0 Å². The van der Waals surface area contributed by atoms with Gasteiger partial charge in [0.1, 0.15) is 0 Å². The number of quaternary nitrogens is 1. The molecule has 66 valence electrons. The van der Waals surface area contributed by atoms with Crippen LogP contribution >= 0.6 is 0 Å². The highest BCUT2D eigenvalue weighted by Crippen LogP contribution is 2.07. The van der Waals surface area contributed by atoms with Crippen molar-refractivity contribution in [3.05, 3.63) is 48.3 Å². The number of rotatable bonds is 2. The molecule has 0 aliphatic rings. The maximum atomic E-state index is 4.14. The summed E-state index contributed by atoms with van der Waals surface area (Å²) in [6.07, 6.45) is 3.70. The number of benzene rings is 1. The van der Waals surface area contributed by atoms with Crippen LogP contribution in [0.1, 0.15) is 5.56 Å². The molecule has 0 aliphatic carbocycles. The zero-order chi connectivity index (χ0) is 9.10. The van der Waals surface area contributed by atoms with Gasteiger partial charge in [-0.1, -0.05) is 12.1 Å². The van der Waals surface area contributed by atoms with Crippen LogP contribution in [0, 0.1) is 0 Å². The number of nitrogens with zero attached hydrogens (tertiary/aromatic N) is 2. The fourth-order valence-electron chi connectivity index (χ4n) is 1.24. The second kappa shape index (κ2) is 3.41. The molecule has 0 fully saturated rings. The molecule has 0 saturated heterocycles. The van der Waals surface area contributed by atoms with Crippen molar-refractivity contribution in [2.75, 3.05) is 0 Å². The van der Waals surface area contributed by atoms with Gasteiger partial charge in [-0.25, -0.2) is 4.68 Å². The fourth-order valence-corrected chi connectivity index (χ4v) is 1.24. The molecule has 0 amide bonds. The van der Waals surface area contributed by atoms with Crippen LogP contribution in [0.5, 0.6) is 0 Å². The van der Waals surface area contributed by atoms with Gasteiger partial charge in [0.25, 0.3) is 0 Å². The van der Waals surface area contributed by atoms with Crippen molar-refractivity contribution in [2.24, 2.45) is 0 Å². The topological polar surface area (TPSA) is 45.5 Å². The Morgan fingerprint density at radius 1 is 1.23 bits per heavy atom. The van der Waals surface area contributed by atoms with Gasteiger partial charge in [0.2, 0.25) is 0 Å². The summed E-state index contributed by atoms with van der Waals surface area (Å²) in [6.45, 7) is 0.833. The van der Waals surface area contributed by atoms with Gasteiger partial charge in [-0.2, -0.15) is 5.10 Å². The Morgan fingerprint density at radius 3 is 2.54 bits per heavy atom. The zero-order valence-corrected chi connectivity index (χ0v) is 7.35. The quantitative estimate of drug-likeness (QED) is 0.712. The SMILES string of the molecule is [NH3+]Cc1ccc(-n2cccn2)cc1. The Hall–Kier alpha value is -1.61. The standard InChI is InChI=1S/C10H11N3/c11-8-9-2-4-10(5-3-9)13-7-1-6-12-13/h1-7H,8,11H2/p+1. The minimum Gasteiger partial charge on any atom is -0.354 e. The van der Waals surface area contributed by atoms with Crippen LogP contribution in [0.15, 0.2) is 42.7 Å². The lowest BCUT2D eigenvalue weighted by Crippen LogP contribution is -2.47. The van der Waals surface area contributed by atoms with Crippen LogP contribution in [-0.2, 0) is 6.54 Å². The van der Waals surface area contributed by atoms with Crippen LogP contribution < -0.4 is 5.73 Å². The Labute approximate surface area is 76.8 Å². The largest absolute Gasteiger partial charge is 0.354 e. The Balaban J connectivity index is 2.33. The molecule has 1 aromatic carbocycles. The maximum absolute atomic E-state index is 4.14. The van der Waals surface area contributed by atoms with Gasteiger partial charge < -0.3 is 5.73 Å². The molecule has 3 nitrogen and oxygen atoms in total. The van der Waals surface area contributed by atoms with Gasteiger partial charge in [-0.3, -0.25) is 0 Å². The summed E-state index contributed by atoms with van der Waals surface area (Å²) in [6, 6.07) is 10.2. The molecule has 1 heterocycles. The van der Waals surface area contributed by atoms with Crippen LogP contribution in [0.4, 0.5) is 0 Å². The third-order valence-electron chi connectivity index (χ3n) is 1.99. The molecule has 2 aromatic rings. The van der Waals surface area contributed by atoms with Crippen molar-refractivity contribution < 1.29 is 5.73 Å². The lowest BCUT2D eigenvalue weighted by molar-refractivity contribution is -0.386. The molecule has 0 radical (unpaired) electrons. The van der Waals surface area contributed by atoms with Crippen LogP contribution in [0.2, 0.25) is 0 Å². The molecule has 0 spiro atoms. The van der Waals surface area contributed by atoms with E-state index in [1.54, 1.807) is 6.20 Å². The van der Waals surface area contributed by atoms with Crippen molar-refractivity contribution in [3.63, 3.8) is 0 Å². The van der Waals surface area contributed by atoms with Crippen molar-refractivity contribution in [3.8, 4) is 5.69 Å². The molecule has 0 bridgehead atoms. The summed E-state index contributed by atoms with van der Waals surface area (Å²) in [4.78, 5) is 0. The van der Waals surface area contributed by atoms with Gasteiger partial charge in [0.15, 0.2) is 0 Å². The van der Waals surface area contributed by atoms with E-state index >= 15 is 0 Å². The first kappa shape index (κ1) is 8.01. The summed E-state index contributed by atoms with van der Waals surface area (Å²) in [5.74, 6) is 0. The molecule has 3 heteroatoms. The minimum atomic E-state index is 0.833. The number of hydrogen-bond acceptors (Lipinski definition) is 1. The second-order valence-electron chi connectivity index (χ2n) is 2.87. The summed E-state index contributed by atoms with van der Waals surface area (Å²) in [7, 11) is 0. The van der Waals surface area contributed by atoms with E-state index in [0.29, 0.717) is 0 Å². The Bertz CT molecular complexity index is 362. The van der Waals surface area contributed by atoms with Crippen molar-refractivity contribution >= 4 is 0 Å². The highest BCUT2D eigenvalue weighted by atomic mass is 15.3. The highest BCUT2D eigenvalue weighted by molar-refractivity contribution is 5.33.